The summed E-state index contributed by atoms with van der Waals surface area (Å²) in [6, 6.07) is 13.0. The molecular weight excluding hydrogens is 276 g/mol. The Labute approximate surface area is 122 Å². The van der Waals surface area contributed by atoms with E-state index in [2.05, 4.69) is 0 Å². The zero-order chi connectivity index (χ0) is 14.1. The van der Waals surface area contributed by atoms with Crippen molar-refractivity contribution in [2.75, 3.05) is 7.11 Å². The lowest BCUT2D eigenvalue weighted by Gasteiger charge is -2.10. The van der Waals surface area contributed by atoms with E-state index in [9.17, 15) is 4.79 Å². The third kappa shape index (κ3) is 2.37. The summed E-state index contributed by atoms with van der Waals surface area (Å²) in [7, 11) is 1.38. The first-order valence-corrected chi connectivity index (χ1v) is 6.68. The van der Waals surface area contributed by atoms with Gasteiger partial charge in [-0.25, -0.2) is 4.79 Å². The molecule has 0 bridgehead atoms. The molecule has 1 unspecified atom stereocenters. The van der Waals surface area contributed by atoms with Crippen molar-refractivity contribution in [3.8, 4) is 5.75 Å². The highest BCUT2D eigenvalue weighted by Gasteiger charge is 2.25. The van der Waals surface area contributed by atoms with Crippen LogP contribution in [0.2, 0.25) is 5.02 Å². The van der Waals surface area contributed by atoms with Gasteiger partial charge < -0.3 is 9.47 Å². The summed E-state index contributed by atoms with van der Waals surface area (Å²) in [4.78, 5) is 11.5. The molecule has 20 heavy (non-hydrogen) atoms. The number of benzene rings is 2. The molecule has 0 saturated heterocycles. The maximum absolute atomic E-state index is 11.5. The van der Waals surface area contributed by atoms with Crippen LogP contribution in [-0.4, -0.2) is 13.1 Å². The number of esters is 1. The number of methoxy groups -OCH3 is 1. The molecule has 0 saturated carbocycles. The quantitative estimate of drug-likeness (QED) is 0.789. The summed E-state index contributed by atoms with van der Waals surface area (Å²) >= 11 is 5.89. The minimum Gasteiger partial charge on any atom is -0.485 e. The Morgan fingerprint density at radius 2 is 2.00 bits per heavy atom. The lowest BCUT2D eigenvalue weighted by atomic mass is 10.0. The fraction of sp³-hybridized carbons (Fsp3) is 0.188. The second-order valence-corrected chi connectivity index (χ2v) is 5.11. The molecule has 1 heterocycles. The minimum absolute atomic E-state index is 0.0323. The average molecular weight is 289 g/mol. The molecule has 0 amide bonds. The molecule has 0 spiro atoms. The van der Waals surface area contributed by atoms with Gasteiger partial charge in [0, 0.05) is 11.4 Å². The summed E-state index contributed by atoms with van der Waals surface area (Å²) in [5.74, 6) is 0.486. The van der Waals surface area contributed by atoms with E-state index < -0.39 is 0 Å². The standard InChI is InChI=1S/C16H13ClO3/c1-19-16(18)11-4-7-14-12(8-11)9-15(20-14)10-2-5-13(17)6-3-10/h2-8,15H,9H2,1H3. The summed E-state index contributed by atoms with van der Waals surface area (Å²) < 4.78 is 10.6. The maximum Gasteiger partial charge on any atom is 0.337 e. The van der Waals surface area contributed by atoms with Crippen LogP contribution in [0.3, 0.4) is 0 Å². The van der Waals surface area contributed by atoms with E-state index in [0.717, 1.165) is 23.3 Å². The number of halogens is 1. The van der Waals surface area contributed by atoms with Crippen LogP contribution in [0.5, 0.6) is 5.75 Å². The lowest BCUT2D eigenvalue weighted by molar-refractivity contribution is 0.0600. The third-order valence-electron chi connectivity index (χ3n) is 3.40. The third-order valence-corrected chi connectivity index (χ3v) is 3.65. The molecule has 2 aromatic carbocycles. The number of hydrogen-bond acceptors (Lipinski definition) is 3. The van der Waals surface area contributed by atoms with Crippen LogP contribution in [0.25, 0.3) is 0 Å². The SMILES string of the molecule is COC(=O)c1ccc2c(c1)CC(c1ccc(Cl)cc1)O2. The van der Waals surface area contributed by atoms with Crippen molar-refractivity contribution >= 4 is 17.6 Å². The second-order valence-electron chi connectivity index (χ2n) is 4.68. The molecule has 3 rings (SSSR count). The Balaban J connectivity index is 1.85. The predicted octanol–water partition coefficient (Wildman–Crippen LogP) is 3.80. The van der Waals surface area contributed by atoms with E-state index in [1.54, 1.807) is 6.07 Å². The van der Waals surface area contributed by atoms with Crippen LogP contribution in [0.15, 0.2) is 42.5 Å². The average Bonchev–Trinajstić information content (AvgIpc) is 2.90. The van der Waals surface area contributed by atoms with Gasteiger partial charge >= 0.3 is 5.97 Å². The number of rotatable bonds is 2. The van der Waals surface area contributed by atoms with Crippen LogP contribution in [0.4, 0.5) is 0 Å². The Morgan fingerprint density at radius 1 is 1.25 bits per heavy atom. The molecule has 1 aliphatic heterocycles. The summed E-state index contributed by atoms with van der Waals surface area (Å²) in [5.41, 5.74) is 2.64. The van der Waals surface area contributed by atoms with Gasteiger partial charge in [-0.05, 0) is 41.5 Å². The first kappa shape index (κ1) is 13.0. The fourth-order valence-electron chi connectivity index (χ4n) is 2.36. The predicted molar refractivity (Wildman–Crippen MR) is 76.3 cm³/mol. The molecule has 102 valence electrons. The van der Waals surface area contributed by atoms with Crippen molar-refractivity contribution in [2.45, 2.75) is 12.5 Å². The van der Waals surface area contributed by atoms with Gasteiger partial charge in [-0.3, -0.25) is 0 Å². The van der Waals surface area contributed by atoms with Gasteiger partial charge in [0.1, 0.15) is 11.9 Å². The molecule has 0 aromatic heterocycles. The number of carbonyl (C=O) groups is 1. The van der Waals surface area contributed by atoms with Crippen LogP contribution < -0.4 is 4.74 Å². The van der Waals surface area contributed by atoms with Crippen LogP contribution in [-0.2, 0) is 11.2 Å². The highest BCUT2D eigenvalue weighted by molar-refractivity contribution is 6.30. The van der Waals surface area contributed by atoms with Gasteiger partial charge in [0.25, 0.3) is 0 Å². The zero-order valence-corrected chi connectivity index (χ0v) is 11.7. The molecule has 3 nitrogen and oxygen atoms in total. The van der Waals surface area contributed by atoms with Crippen LogP contribution in [0.1, 0.15) is 27.6 Å². The van der Waals surface area contributed by atoms with E-state index in [0.29, 0.717) is 10.6 Å². The number of fused-ring (bicyclic) bond motifs is 1. The normalized spacial score (nSPS) is 16.4. The second kappa shape index (κ2) is 5.17. The summed E-state index contributed by atoms with van der Waals surface area (Å²) in [5, 5.41) is 0.706. The molecular formula is C16H13ClO3. The molecule has 1 aliphatic rings. The van der Waals surface area contributed by atoms with Gasteiger partial charge in [-0.2, -0.15) is 0 Å². The van der Waals surface area contributed by atoms with E-state index in [1.807, 2.05) is 36.4 Å². The van der Waals surface area contributed by atoms with E-state index in [-0.39, 0.29) is 12.1 Å². The topological polar surface area (TPSA) is 35.5 Å². The Kier molecular flexibility index (Phi) is 3.36. The Morgan fingerprint density at radius 3 is 2.70 bits per heavy atom. The highest BCUT2D eigenvalue weighted by Crippen LogP contribution is 2.37. The number of ether oxygens (including phenoxy) is 2. The number of hydrogen-bond donors (Lipinski definition) is 0. The zero-order valence-electron chi connectivity index (χ0n) is 10.9. The van der Waals surface area contributed by atoms with E-state index in [4.69, 9.17) is 21.1 Å². The molecule has 0 aliphatic carbocycles. The minimum atomic E-state index is -0.331. The smallest absolute Gasteiger partial charge is 0.337 e. The molecule has 4 heteroatoms. The fourth-order valence-corrected chi connectivity index (χ4v) is 2.48. The summed E-state index contributed by atoms with van der Waals surface area (Å²) in [6.07, 6.45) is 0.706. The Hall–Kier alpha value is -2.00. The summed E-state index contributed by atoms with van der Waals surface area (Å²) in [6.45, 7) is 0. The van der Waals surface area contributed by atoms with Gasteiger partial charge in [-0.15, -0.1) is 0 Å². The van der Waals surface area contributed by atoms with E-state index in [1.165, 1.54) is 7.11 Å². The van der Waals surface area contributed by atoms with Gasteiger partial charge in [-0.1, -0.05) is 23.7 Å². The largest absolute Gasteiger partial charge is 0.485 e. The van der Waals surface area contributed by atoms with Gasteiger partial charge in [0.05, 0.1) is 12.7 Å². The molecule has 0 fully saturated rings. The maximum atomic E-state index is 11.5. The van der Waals surface area contributed by atoms with Crippen LogP contribution >= 0.6 is 11.6 Å². The van der Waals surface area contributed by atoms with Crippen molar-refractivity contribution in [1.29, 1.82) is 0 Å². The van der Waals surface area contributed by atoms with Crippen molar-refractivity contribution in [2.24, 2.45) is 0 Å². The van der Waals surface area contributed by atoms with Gasteiger partial charge in [0.2, 0.25) is 0 Å². The number of carbonyl (C=O) groups excluding carboxylic acids is 1. The lowest BCUT2D eigenvalue weighted by Crippen LogP contribution is -2.02. The molecule has 2 aromatic rings. The van der Waals surface area contributed by atoms with Crippen LogP contribution in [0, 0.1) is 0 Å². The van der Waals surface area contributed by atoms with Crippen molar-refractivity contribution in [1.82, 2.24) is 0 Å². The van der Waals surface area contributed by atoms with E-state index >= 15 is 0 Å². The Bertz CT molecular complexity index is 649. The van der Waals surface area contributed by atoms with Gasteiger partial charge in [0.15, 0.2) is 0 Å². The van der Waals surface area contributed by atoms with Crippen molar-refractivity contribution in [3.63, 3.8) is 0 Å². The first-order valence-electron chi connectivity index (χ1n) is 6.31. The highest BCUT2D eigenvalue weighted by atomic mass is 35.5. The first-order chi connectivity index (χ1) is 9.67. The molecule has 0 radical (unpaired) electrons. The van der Waals surface area contributed by atoms with Crippen molar-refractivity contribution < 1.29 is 14.3 Å². The van der Waals surface area contributed by atoms with Crippen molar-refractivity contribution in [3.05, 3.63) is 64.2 Å². The molecule has 1 atom stereocenters. The monoisotopic (exact) mass is 288 g/mol. The molecule has 0 N–H and O–H groups in total.